The molecule has 2 heterocycles. The standard InChI is InChI=1S/C19H23N5OS/c1-11-7-3-5-9-14(11)21-18(25)12(2)26-19-22-17-16(23-24-19)13-8-4-6-10-15(13)20-17/h4,6,8,10-12,14H,3,5,7,9H2,1-2H3,(H,21,25)(H,20,22,24)/t11-,12+,14+/m1/s1. The van der Waals surface area contributed by atoms with E-state index in [0.29, 0.717) is 16.7 Å². The Balaban J connectivity index is 1.47. The zero-order valence-electron chi connectivity index (χ0n) is 15.0. The third-order valence-electron chi connectivity index (χ3n) is 5.19. The molecule has 7 heteroatoms. The third kappa shape index (κ3) is 3.40. The number of para-hydroxylation sites is 1. The number of amides is 1. The Hall–Kier alpha value is -2.15. The van der Waals surface area contributed by atoms with Gasteiger partial charge in [0.1, 0.15) is 5.52 Å². The minimum atomic E-state index is -0.257. The Morgan fingerprint density at radius 1 is 1.27 bits per heavy atom. The molecule has 0 radical (unpaired) electrons. The molecule has 1 aliphatic carbocycles. The average Bonchev–Trinajstić information content (AvgIpc) is 3.01. The lowest BCUT2D eigenvalue weighted by Gasteiger charge is -2.30. The lowest BCUT2D eigenvalue weighted by atomic mass is 9.86. The van der Waals surface area contributed by atoms with Crippen LogP contribution in [0, 0.1) is 5.92 Å². The molecular formula is C19H23N5OS. The molecule has 2 aromatic heterocycles. The highest BCUT2D eigenvalue weighted by Gasteiger charge is 2.25. The predicted molar refractivity (Wildman–Crippen MR) is 104 cm³/mol. The van der Waals surface area contributed by atoms with Crippen molar-refractivity contribution in [2.24, 2.45) is 5.92 Å². The zero-order valence-corrected chi connectivity index (χ0v) is 15.8. The number of nitrogens with zero attached hydrogens (tertiary/aromatic N) is 3. The Morgan fingerprint density at radius 3 is 2.92 bits per heavy atom. The minimum Gasteiger partial charge on any atom is -0.352 e. The number of hydrogen-bond donors (Lipinski definition) is 2. The quantitative estimate of drug-likeness (QED) is 0.686. The van der Waals surface area contributed by atoms with Crippen LogP contribution in [0.4, 0.5) is 0 Å². The fourth-order valence-corrected chi connectivity index (χ4v) is 4.32. The summed E-state index contributed by atoms with van der Waals surface area (Å²) in [7, 11) is 0. The van der Waals surface area contributed by atoms with Crippen molar-refractivity contribution >= 4 is 39.7 Å². The Labute approximate surface area is 156 Å². The van der Waals surface area contributed by atoms with E-state index in [4.69, 9.17) is 0 Å². The van der Waals surface area contributed by atoms with Crippen LogP contribution in [0.2, 0.25) is 0 Å². The molecule has 0 unspecified atom stereocenters. The highest BCUT2D eigenvalue weighted by molar-refractivity contribution is 8.00. The monoisotopic (exact) mass is 369 g/mol. The van der Waals surface area contributed by atoms with Crippen LogP contribution < -0.4 is 5.32 Å². The summed E-state index contributed by atoms with van der Waals surface area (Å²) in [5, 5.41) is 13.0. The number of benzene rings is 1. The summed E-state index contributed by atoms with van der Waals surface area (Å²) >= 11 is 1.35. The molecule has 6 nitrogen and oxygen atoms in total. The molecule has 26 heavy (non-hydrogen) atoms. The van der Waals surface area contributed by atoms with E-state index in [0.717, 1.165) is 22.8 Å². The summed E-state index contributed by atoms with van der Waals surface area (Å²) < 4.78 is 0. The Bertz CT molecular complexity index is 940. The Kier molecular flexibility index (Phi) is 4.80. The van der Waals surface area contributed by atoms with Gasteiger partial charge in [0.2, 0.25) is 11.1 Å². The largest absolute Gasteiger partial charge is 0.352 e. The van der Waals surface area contributed by atoms with E-state index >= 15 is 0 Å². The van der Waals surface area contributed by atoms with Gasteiger partial charge in [0, 0.05) is 16.9 Å². The molecule has 1 amide bonds. The molecule has 1 aliphatic rings. The van der Waals surface area contributed by atoms with Crippen molar-refractivity contribution in [3.63, 3.8) is 0 Å². The Morgan fingerprint density at radius 2 is 2.08 bits per heavy atom. The SMILES string of the molecule is C[C@H](Sc1nnc2c(n1)[nH]c1ccccc12)C(=O)N[C@H]1CCCC[C@H]1C. The maximum Gasteiger partial charge on any atom is 0.233 e. The van der Waals surface area contributed by atoms with Gasteiger partial charge in [-0.25, -0.2) is 4.98 Å². The highest BCUT2D eigenvalue weighted by Crippen LogP contribution is 2.27. The third-order valence-corrected chi connectivity index (χ3v) is 6.14. The van der Waals surface area contributed by atoms with Crippen LogP contribution in [0.15, 0.2) is 29.4 Å². The lowest BCUT2D eigenvalue weighted by molar-refractivity contribution is -0.121. The van der Waals surface area contributed by atoms with Crippen molar-refractivity contribution in [3.8, 4) is 0 Å². The van der Waals surface area contributed by atoms with Crippen molar-refractivity contribution in [3.05, 3.63) is 24.3 Å². The molecule has 0 bridgehead atoms. The second kappa shape index (κ2) is 7.23. The molecular weight excluding hydrogens is 346 g/mol. The lowest BCUT2D eigenvalue weighted by Crippen LogP contribution is -2.44. The van der Waals surface area contributed by atoms with E-state index in [1.807, 2.05) is 31.2 Å². The summed E-state index contributed by atoms with van der Waals surface area (Å²) in [6.45, 7) is 4.12. The maximum atomic E-state index is 12.5. The number of thioether (sulfide) groups is 1. The molecule has 136 valence electrons. The van der Waals surface area contributed by atoms with Crippen molar-refractivity contribution in [1.82, 2.24) is 25.5 Å². The van der Waals surface area contributed by atoms with E-state index < -0.39 is 0 Å². The fraction of sp³-hybridized carbons (Fsp3) is 0.474. The van der Waals surface area contributed by atoms with E-state index in [-0.39, 0.29) is 17.2 Å². The van der Waals surface area contributed by atoms with Gasteiger partial charge in [-0.05, 0) is 31.7 Å². The molecule has 3 atom stereocenters. The summed E-state index contributed by atoms with van der Waals surface area (Å²) in [5.41, 5.74) is 2.46. The number of aromatic nitrogens is 4. The van der Waals surface area contributed by atoms with Gasteiger partial charge in [0.15, 0.2) is 5.65 Å². The zero-order chi connectivity index (χ0) is 18.1. The number of carbonyl (C=O) groups excluding carboxylic acids is 1. The molecule has 2 N–H and O–H groups in total. The van der Waals surface area contributed by atoms with Crippen LogP contribution >= 0.6 is 11.8 Å². The van der Waals surface area contributed by atoms with Gasteiger partial charge >= 0.3 is 0 Å². The van der Waals surface area contributed by atoms with Gasteiger partial charge in [0.25, 0.3) is 0 Å². The van der Waals surface area contributed by atoms with Crippen molar-refractivity contribution < 1.29 is 4.79 Å². The number of carbonyl (C=O) groups is 1. The first-order valence-corrected chi connectivity index (χ1v) is 10.1. The molecule has 1 aromatic carbocycles. The van der Waals surface area contributed by atoms with Crippen molar-refractivity contribution in [1.29, 1.82) is 0 Å². The number of nitrogens with one attached hydrogen (secondary N) is 2. The fourth-order valence-electron chi connectivity index (χ4n) is 3.60. The number of aromatic amines is 1. The summed E-state index contributed by atoms with van der Waals surface area (Å²) in [5.74, 6) is 0.597. The summed E-state index contributed by atoms with van der Waals surface area (Å²) in [6.07, 6.45) is 4.72. The van der Waals surface area contributed by atoms with Crippen LogP contribution in [-0.4, -0.2) is 37.4 Å². The average molecular weight is 369 g/mol. The second-order valence-electron chi connectivity index (χ2n) is 7.10. The number of fused-ring (bicyclic) bond motifs is 3. The van der Waals surface area contributed by atoms with E-state index in [1.165, 1.54) is 31.0 Å². The van der Waals surface area contributed by atoms with Gasteiger partial charge in [-0.3, -0.25) is 4.79 Å². The highest BCUT2D eigenvalue weighted by atomic mass is 32.2. The van der Waals surface area contributed by atoms with E-state index in [9.17, 15) is 4.79 Å². The van der Waals surface area contributed by atoms with Crippen LogP contribution in [0.3, 0.4) is 0 Å². The van der Waals surface area contributed by atoms with Gasteiger partial charge in [-0.2, -0.15) is 0 Å². The molecule has 4 rings (SSSR count). The normalized spacial score (nSPS) is 21.8. The maximum absolute atomic E-state index is 12.5. The van der Waals surface area contributed by atoms with Gasteiger partial charge in [-0.1, -0.05) is 49.7 Å². The molecule has 1 saturated carbocycles. The molecule has 0 saturated heterocycles. The summed E-state index contributed by atoms with van der Waals surface area (Å²) in [4.78, 5) is 20.4. The van der Waals surface area contributed by atoms with E-state index in [2.05, 4.69) is 32.4 Å². The van der Waals surface area contributed by atoms with Crippen LogP contribution in [0.25, 0.3) is 22.1 Å². The van der Waals surface area contributed by atoms with Crippen molar-refractivity contribution in [2.45, 2.75) is 56.0 Å². The minimum absolute atomic E-state index is 0.0501. The molecule has 0 spiro atoms. The summed E-state index contributed by atoms with van der Waals surface area (Å²) in [6, 6.07) is 8.22. The van der Waals surface area contributed by atoms with Crippen molar-refractivity contribution in [2.75, 3.05) is 0 Å². The number of H-pyrrole nitrogens is 1. The van der Waals surface area contributed by atoms with Crippen LogP contribution in [0.5, 0.6) is 0 Å². The van der Waals surface area contributed by atoms with Crippen LogP contribution in [0.1, 0.15) is 39.5 Å². The van der Waals surface area contributed by atoms with Crippen LogP contribution in [-0.2, 0) is 4.79 Å². The van der Waals surface area contributed by atoms with Gasteiger partial charge in [0.05, 0.1) is 5.25 Å². The first kappa shape index (κ1) is 17.3. The second-order valence-corrected chi connectivity index (χ2v) is 8.41. The van der Waals surface area contributed by atoms with Gasteiger partial charge in [-0.15, -0.1) is 10.2 Å². The van der Waals surface area contributed by atoms with Gasteiger partial charge < -0.3 is 10.3 Å². The number of rotatable bonds is 4. The first-order chi connectivity index (χ1) is 12.6. The molecule has 0 aliphatic heterocycles. The predicted octanol–water partition coefficient (Wildman–Crippen LogP) is 3.68. The topological polar surface area (TPSA) is 83.6 Å². The number of hydrogen-bond acceptors (Lipinski definition) is 5. The molecule has 1 fully saturated rings. The molecule has 3 aromatic rings. The smallest absolute Gasteiger partial charge is 0.233 e. The van der Waals surface area contributed by atoms with E-state index in [1.54, 1.807) is 0 Å². The first-order valence-electron chi connectivity index (χ1n) is 9.20.